The number of benzene rings is 1. The van der Waals surface area contributed by atoms with E-state index in [9.17, 15) is 4.79 Å². The monoisotopic (exact) mass is 245 g/mol. The van der Waals surface area contributed by atoms with E-state index >= 15 is 0 Å². The molecule has 0 saturated heterocycles. The normalized spacial score (nSPS) is 10.1. The number of carbonyl (C=O) groups excluding carboxylic acids is 1. The van der Waals surface area contributed by atoms with E-state index in [1.807, 2.05) is 43.0 Å². The third-order valence-corrected chi connectivity index (χ3v) is 2.66. The first-order valence-corrected chi connectivity index (χ1v) is 6.11. The fourth-order valence-corrected chi connectivity index (χ4v) is 1.68. The lowest BCUT2D eigenvalue weighted by atomic mass is 10.2. The Morgan fingerprint density at radius 2 is 2.28 bits per heavy atom. The third kappa shape index (κ3) is 4.98. The minimum Gasteiger partial charge on any atom is -0.325 e. The number of carbonyl (C=O) groups is 1. The Balaban J connectivity index is 2.48. The second-order valence-electron chi connectivity index (χ2n) is 4.19. The molecule has 1 N–H and O–H groups in total. The summed E-state index contributed by atoms with van der Waals surface area (Å²) < 4.78 is 0. The molecule has 18 heavy (non-hydrogen) atoms. The average molecular weight is 245 g/mol. The van der Waals surface area contributed by atoms with Crippen molar-refractivity contribution in [3.63, 3.8) is 0 Å². The molecule has 0 aliphatic carbocycles. The molecule has 0 bridgehead atoms. The largest absolute Gasteiger partial charge is 0.325 e. The zero-order valence-electron chi connectivity index (χ0n) is 10.9. The summed E-state index contributed by atoms with van der Waals surface area (Å²) in [5.74, 6) is -0.0413. The smallest absolute Gasteiger partial charge is 0.238 e. The van der Waals surface area contributed by atoms with Crippen LogP contribution < -0.4 is 5.32 Å². The fraction of sp³-hybridized carbons (Fsp3) is 0.429. The van der Waals surface area contributed by atoms with Crippen LogP contribution in [0.1, 0.15) is 18.9 Å². The summed E-state index contributed by atoms with van der Waals surface area (Å²) in [6.07, 6.45) is 0.450. The van der Waals surface area contributed by atoms with Crippen molar-refractivity contribution in [1.29, 1.82) is 5.26 Å². The number of hydrogen-bond acceptors (Lipinski definition) is 3. The molecule has 1 rings (SSSR count). The fourth-order valence-electron chi connectivity index (χ4n) is 1.68. The van der Waals surface area contributed by atoms with Crippen LogP contribution in [0.25, 0.3) is 0 Å². The zero-order chi connectivity index (χ0) is 13.4. The Labute approximate surface area is 108 Å². The number of nitrogens with one attached hydrogen (secondary N) is 1. The van der Waals surface area contributed by atoms with Crippen molar-refractivity contribution in [3.05, 3.63) is 29.8 Å². The first-order chi connectivity index (χ1) is 8.65. The average Bonchev–Trinajstić information content (AvgIpc) is 2.34. The van der Waals surface area contributed by atoms with E-state index in [0.717, 1.165) is 17.8 Å². The molecule has 1 aromatic rings. The van der Waals surface area contributed by atoms with Gasteiger partial charge in [0.25, 0.3) is 0 Å². The summed E-state index contributed by atoms with van der Waals surface area (Å²) in [6, 6.07) is 9.80. The number of likely N-dealkylation sites (N-methyl/N-ethyl adjacent to an activating group) is 1. The van der Waals surface area contributed by atoms with Crippen LogP contribution in [0, 0.1) is 18.3 Å². The molecule has 1 aromatic carbocycles. The summed E-state index contributed by atoms with van der Waals surface area (Å²) in [5, 5.41) is 11.4. The van der Waals surface area contributed by atoms with E-state index < -0.39 is 0 Å². The number of anilines is 1. The van der Waals surface area contributed by atoms with Crippen molar-refractivity contribution in [2.45, 2.75) is 20.3 Å². The van der Waals surface area contributed by atoms with Gasteiger partial charge in [-0.25, -0.2) is 0 Å². The standard InChI is InChI=1S/C14H19N3O/c1-3-17(9-5-8-15)11-14(18)16-13-7-4-6-12(2)10-13/h4,6-7,10H,3,5,9,11H2,1-2H3,(H,16,18). The minimum absolute atomic E-state index is 0.0413. The molecule has 0 aliphatic heterocycles. The van der Waals surface area contributed by atoms with Gasteiger partial charge in [-0.3, -0.25) is 9.69 Å². The maximum Gasteiger partial charge on any atom is 0.238 e. The van der Waals surface area contributed by atoms with E-state index in [1.165, 1.54) is 0 Å². The Kier molecular flexibility index (Phi) is 5.89. The molecule has 1 amide bonds. The number of nitriles is 1. The lowest BCUT2D eigenvalue weighted by Crippen LogP contribution is -2.33. The van der Waals surface area contributed by atoms with Crippen molar-refractivity contribution < 1.29 is 4.79 Å². The highest BCUT2D eigenvalue weighted by molar-refractivity contribution is 5.92. The molecule has 0 unspecified atom stereocenters. The topological polar surface area (TPSA) is 56.1 Å². The third-order valence-electron chi connectivity index (χ3n) is 2.66. The molecule has 0 fully saturated rings. The molecule has 0 saturated carbocycles. The summed E-state index contributed by atoms with van der Waals surface area (Å²) in [7, 11) is 0. The number of aryl methyl sites for hydroxylation is 1. The second kappa shape index (κ2) is 7.46. The highest BCUT2D eigenvalue weighted by Crippen LogP contribution is 2.09. The van der Waals surface area contributed by atoms with Crippen LogP contribution in [0.15, 0.2) is 24.3 Å². The van der Waals surface area contributed by atoms with E-state index in [4.69, 9.17) is 5.26 Å². The Morgan fingerprint density at radius 1 is 1.50 bits per heavy atom. The molecule has 4 nitrogen and oxygen atoms in total. The highest BCUT2D eigenvalue weighted by Gasteiger charge is 2.08. The van der Waals surface area contributed by atoms with Gasteiger partial charge >= 0.3 is 0 Å². The maximum absolute atomic E-state index is 11.8. The van der Waals surface area contributed by atoms with Crippen molar-refractivity contribution >= 4 is 11.6 Å². The zero-order valence-corrected chi connectivity index (χ0v) is 10.9. The van der Waals surface area contributed by atoms with E-state index in [2.05, 4.69) is 11.4 Å². The molecule has 0 aromatic heterocycles. The Bertz CT molecular complexity index is 437. The predicted molar refractivity (Wildman–Crippen MR) is 72.2 cm³/mol. The number of rotatable bonds is 6. The Hall–Kier alpha value is -1.86. The lowest BCUT2D eigenvalue weighted by molar-refractivity contribution is -0.117. The van der Waals surface area contributed by atoms with Crippen LogP contribution >= 0.6 is 0 Å². The van der Waals surface area contributed by atoms with Crippen molar-refractivity contribution in [2.75, 3.05) is 25.0 Å². The summed E-state index contributed by atoms with van der Waals surface area (Å²) in [5.41, 5.74) is 1.93. The second-order valence-corrected chi connectivity index (χ2v) is 4.19. The van der Waals surface area contributed by atoms with Crippen molar-refractivity contribution in [2.24, 2.45) is 0 Å². The van der Waals surface area contributed by atoms with Crippen LogP contribution in [-0.2, 0) is 4.79 Å². The first-order valence-electron chi connectivity index (χ1n) is 6.11. The molecular weight excluding hydrogens is 226 g/mol. The lowest BCUT2D eigenvalue weighted by Gasteiger charge is -2.18. The van der Waals surface area contributed by atoms with Gasteiger partial charge in [0.05, 0.1) is 12.6 Å². The van der Waals surface area contributed by atoms with Crippen LogP contribution in [0.5, 0.6) is 0 Å². The molecular formula is C14H19N3O. The maximum atomic E-state index is 11.8. The molecule has 0 atom stereocenters. The number of hydrogen-bond donors (Lipinski definition) is 1. The van der Waals surface area contributed by atoms with Crippen LogP contribution in [0.4, 0.5) is 5.69 Å². The van der Waals surface area contributed by atoms with Crippen LogP contribution in [0.2, 0.25) is 0 Å². The van der Waals surface area contributed by atoms with E-state index in [0.29, 0.717) is 19.5 Å². The van der Waals surface area contributed by atoms with Crippen LogP contribution in [-0.4, -0.2) is 30.4 Å². The van der Waals surface area contributed by atoms with Gasteiger partial charge < -0.3 is 5.32 Å². The predicted octanol–water partition coefficient (Wildman–Crippen LogP) is 2.17. The van der Waals surface area contributed by atoms with Gasteiger partial charge in [0.15, 0.2) is 0 Å². The first kappa shape index (κ1) is 14.2. The van der Waals surface area contributed by atoms with Gasteiger partial charge in [-0.15, -0.1) is 0 Å². The molecule has 0 radical (unpaired) electrons. The van der Waals surface area contributed by atoms with Gasteiger partial charge in [0, 0.05) is 18.7 Å². The summed E-state index contributed by atoms with van der Waals surface area (Å²) >= 11 is 0. The van der Waals surface area contributed by atoms with Crippen molar-refractivity contribution in [1.82, 2.24) is 4.90 Å². The minimum atomic E-state index is -0.0413. The summed E-state index contributed by atoms with van der Waals surface area (Å²) in [6.45, 7) is 5.70. The molecule has 0 aliphatic rings. The van der Waals surface area contributed by atoms with Crippen LogP contribution in [0.3, 0.4) is 0 Å². The molecule has 4 heteroatoms. The van der Waals surface area contributed by atoms with E-state index in [-0.39, 0.29) is 5.91 Å². The van der Waals surface area contributed by atoms with Gasteiger partial charge in [-0.1, -0.05) is 19.1 Å². The number of amides is 1. The van der Waals surface area contributed by atoms with Gasteiger partial charge in [0.1, 0.15) is 0 Å². The Morgan fingerprint density at radius 3 is 2.89 bits per heavy atom. The molecule has 0 heterocycles. The van der Waals surface area contributed by atoms with Crippen molar-refractivity contribution in [3.8, 4) is 6.07 Å². The highest BCUT2D eigenvalue weighted by atomic mass is 16.2. The number of nitrogens with zero attached hydrogens (tertiary/aromatic N) is 2. The molecule has 96 valence electrons. The van der Waals surface area contributed by atoms with Gasteiger partial charge in [-0.05, 0) is 31.2 Å². The van der Waals surface area contributed by atoms with Gasteiger partial charge in [-0.2, -0.15) is 5.26 Å². The molecule has 0 spiro atoms. The van der Waals surface area contributed by atoms with E-state index in [1.54, 1.807) is 0 Å². The quantitative estimate of drug-likeness (QED) is 0.835. The van der Waals surface area contributed by atoms with Gasteiger partial charge in [0.2, 0.25) is 5.91 Å². The SMILES string of the molecule is CCN(CCC#N)CC(=O)Nc1cccc(C)c1. The summed E-state index contributed by atoms with van der Waals surface area (Å²) in [4.78, 5) is 13.8.